The summed E-state index contributed by atoms with van der Waals surface area (Å²) in [5.41, 5.74) is 12.7. The molecule has 0 aliphatic rings. The van der Waals surface area contributed by atoms with Gasteiger partial charge < -0.3 is 5.73 Å². The molecule has 4 aromatic rings. The van der Waals surface area contributed by atoms with E-state index in [1.165, 1.54) is 38.2 Å². The van der Waals surface area contributed by atoms with Crippen molar-refractivity contribution in [2.24, 2.45) is 5.73 Å². The maximum absolute atomic E-state index is 6.86. The lowest BCUT2D eigenvalue weighted by Crippen LogP contribution is -2.03. The number of hydrogen-bond donors (Lipinski definition) is 1. The fraction of sp³-hybridized carbons (Fsp3) is 0.154. The maximum atomic E-state index is 6.86. The predicted octanol–water partition coefficient (Wildman–Crippen LogP) is 6.79. The van der Waals surface area contributed by atoms with Gasteiger partial charge >= 0.3 is 0 Å². The molecule has 27 heavy (non-hydrogen) atoms. The van der Waals surface area contributed by atoms with Gasteiger partial charge in [-0.3, -0.25) is 0 Å². The maximum Gasteiger partial charge on any atom is 0.0438 e. The van der Waals surface area contributed by atoms with Crippen molar-refractivity contribution < 1.29 is 0 Å². The van der Waals surface area contributed by atoms with Gasteiger partial charge in [0, 0.05) is 11.3 Å². The fourth-order valence-electron chi connectivity index (χ4n) is 3.95. The molecule has 0 heterocycles. The van der Waals surface area contributed by atoms with Crippen LogP contribution in [0.1, 0.15) is 37.0 Å². The van der Waals surface area contributed by atoms with Gasteiger partial charge in [0.05, 0.1) is 0 Å². The van der Waals surface area contributed by atoms with E-state index in [-0.39, 0.29) is 0 Å². The van der Waals surface area contributed by atoms with E-state index in [4.69, 9.17) is 5.73 Å². The van der Waals surface area contributed by atoms with Crippen LogP contribution in [0, 0.1) is 0 Å². The monoisotopic (exact) mass is 351 g/mol. The first-order valence-electron chi connectivity index (χ1n) is 9.71. The van der Waals surface area contributed by atoms with E-state index in [1.54, 1.807) is 0 Å². The zero-order chi connectivity index (χ0) is 18.8. The van der Waals surface area contributed by atoms with E-state index in [9.17, 15) is 0 Å². The highest BCUT2D eigenvalue weighted by Crippen LogP contribution is 2.35. The SMILES string of the molecule is CCC(=C(N)c1c2ccccc2cc2ccccc12)c1ccc(CC)cc1. The first-order valence-corrected chi connectivity index (χ1v) is 9.71. The van der Waals surface area contributed by atoms with Crippen LogP contribution in [0.2, 0.25) is 0 Å². The summed E-state index contributed by atoms with van der Waals surface area (Å²) in [6, 6.07) is 28.1. The molecule has 1 nitrogen and oxygen atoms in total. The van der Waals surface area contributed by atoms with E-state index < -0.39 is 0 Å². The molecule has 0 fully saturated rings. The molecular formula is C26H25N. The summed E-state index contributed by atoms with van der Waals surface area (Å²) >= 11 is 0. The highest BCUT2D eigenvalue weighted by atomic mass is 14.6. The Kier molecular flexibility index (Phi) is 4.68. The summed E-state index contributed by atoms with van der Waals surface area (Å²) < 4.78 is 0. The molecular weight excluding hydrogens is 326 g/mol. The van der Waals surface area contributed by atoms with Gasteiger partial charge in [-0.25, -0.2) is 0 Å². The number of aryl methyl sites for hydroxylation is 1. The van der Waals surface area contributed by atoms with E-state index in [0.29, 0.717) is 0 Å². The van der Waals surface area contributed by atoms with Crippen LogP contribution in [0.3, 0.4) is 0 Å². The van der Waals surface area contributed by atoms with Gasteiger partial charge in [0.1, 0.15) is 0 Å². The van der Waals surface area contributed by atoms with Crippen molar-refractivity contribution in [2.45, 2.75) is 26.7 Å². The second-order valence-electron chi connectivity index (χ2n) is 6.99. The number of nitrogens with two attached hydrogens (primary N) is 1. The molecule has 4 aromatic carbocycles. The lowest BCUT2D eigenvalue weighted by Gasteiger charge is -2.16. The Balaban J connectivity index is 2.03. The molecule has 0 saturated carbocycles. The van der Waals surface area contributed by atoms with E-state index in [2.05, 4.69) is 92.7 Å². The molecule has 0 spiro atoms. The van der Waals surface area contributed by atoms with Gasteiger partial charge in [-0.05, 0) is 57.2 Å². The number of fused-ring (bicyclic) bond motifs is 2. The summed E-state index contributed by atoms with van der Waals surface area (Å²) in [5, 5.41) is 4.88. The molecule has 134 valence electrons. The van der Waals surface area contributed by atoms with Crippen molar-refractivity contribution in [3.05, 3.63) is 95.6 Å². The highest BCUT2D eigenvalue weighted by Gasteiger charge is 2.14. The third kappa shape index (κ3) is 3.10. The minimum Gasteiger partial charge on any atom is -0.398 e. The lowest BCUT2D eigenvalue weighted by molar-refractivity contribution is 1.14. The van der Waals surface area contributed by atoms with Crippen molar-refractivity contribution in [3.63, 3.8) is 0 Å². The normalized spacial score (nSPS) is 12.4. The molecule has 0 bridgehead atoms. The summed E-state index contributed by atoms with van der Waals surface area (Å²) in [6.45, 7) is 4.37. The van der Waals surface area contributed by atoms with Crippen LogP contribution in [0.4, 0.5) is 0 Å². The number of rotatable bonds is 4. The van der Waals surface area contributed by atoms with E-state index in [0.717, 1.165) is 24.1 Å². The van der Waals surface area contributed by atoms with Crippen molar-refractivity contribution in [1.82, 2.24) is 0 Å². The first-order chi connectivity index (χ1) is 13.2. The molecule has 2 N–H and O–H groups in total. The van der Waals surface area contributed by atoms with Gasteiger partial charge in [-0.1, -0.05) is 86.6 Å². The lowest BCUT2D eigenvalue weighted by atomic mass is 9.90. The van der Waals surface area contributed by atoms with Crippen LogP contribution >= 0.6 is 0 Å². The van der Waals surface area contributed by atoms with E-state index in [1.807, 2.05) is 0 Å². The molecule has 0 radical (unpaired) electrons. The largest absolute Gasteiger partial charge is 0.398 e. The van der Waals surface area contributed by atoms with Crippen LogP contribution in [-0.4, -0.2) is 0 Å². The number of hydrogen-bond acceptors (Lipinski definition) is 1. The molecule has 0 atom stereocenters. The predicted molar refractivity (Wildman–Crippen MR) is 119 cm³/mol. The number of allylic oxidation sites excluding steroid dienone is 1. The smallest absolute Gasteiger partial charge is 0.0438 e. The number of benzene rings is 4. The van der Waals surface area contributed by atoms with Crippen LogP contribution < -0.4 is 5.73 Å². The molecule has 4 rings (SSSR count). The van der Waals surface area contributed by atoms with Crippen LogP contribution in [-0.2, 0) is 6.42 Å². The summed E-state index contributed by atoms with van der Waals surface area (Å²) in [7, 11) is 0. The average molecular weight is 351 g/mol. The minimum atomic E-state index is 0.884. The molecule has 0 saturated heterocycles. The Labute approximate surface area is 161 Å². The van der Waals surface area contributed by atoms with E-state index >= 15 is 0 Å². The molecule has 0 aliphatic heterocycles. The van der Waals surface area contributed by atoms with Gasteiger partial charge in [0.15, 0.2) is 0 Å². The third-order valence-corrected chi connectivity index (χ3v) is 5.43. The Bertz CT molecular complexity index is 1080. The zero-order valence-corrected chi connectivity index (χ0v) is 16.0. The minimum absolute atomic E-state index is 0.884. The van der Waals surface area contributed by atoms with Gasteiger partial charge in [0.25, 0.3) is 0 Å². The van der Waals surface area contributed by atoms with Crippen molar-refractivity contribution in [2.75, 3.05) is 0 Å². The molecule has 0 amide bonds. The molecule has 0 aromatic heterocycles. The summed E-state index contributed by atoms with van der Waals surface area (Å²) in [5.74, 6) is 0. The first kappa shape index (κ1) is 17.4. The van der Waals surface area contributed by atoms with Crippen LogP contribution in [0.5, 0.6) is 0 Å². The van der Waals surface area contributed by atoms with Crippen molar-refractivity contribution >= 4 is 32.8 Å². The Morgan fingerprint density at radius 2 is 1.30 bits per heavy atom. The molecule has 0 unspecified atom stereocenters. The average Bonchev–Trinajstić information content (AvgIpc) is 2.72. The quantitative estimate of drug-likeness (QED) is 0.318. The third-order valence-electron chi connectivity index (χ3n) is 5.43. The second-order valence-corrected chi connectivity index (χ2v) is 6.99. The van der Waals surface area contributed by atoms with Gasteiger partial charge in [-0.15, -0.1) is 0 Å². The second kappa shape index (κ2) is 7.28. The van der Waals surface area contributed by atoms with Gasteiger partial charge in [0.2, 0.25) is 0 Å². The summed E-state index contributed by atoms with van der Waals surface area (Å²) in [4.78, 5) is 0. The zero-order valence-electron chi connectivity index (χ0n) is 16.0. The summed E-state index contributed by atoms with van der Waals surface area (Å²) in [6.07, 6.45) is 1.95. The molecule has 1 heteroatoms. The van der Waals surface area contributed by atoms with Crippen LogP contribution in [0.25, 0.3) is 32.8 Å². The Morgan fingerprint density at radius 3 is 1.81 bits per heavy atom. The van der Waals surface area contributed by atoms with Gasteiger partial charge in [-0.2, -0.15) is 0 Å². The van der Waals surface area contributed by atoms with Crippen LogP contribution in [0.15, 0.2) is 78.9 Å². The van der Waals surface area contributed by atoms with Crippen molar-refractivity contribution in [1.29, 1.82) is 0 Å². The molecule has 0 aliphatic carbocycles. The Hall–Kier alpha value is -3.06. The Morgan fingerprint density at radius 1 is 0.741 bits per heavy atom. The standard InChI is InChI=1S/C26H25N/c1-3-18-13-15-19(16-14-18)22(4-2)26(27)25-23-11-7-5-9-20(23)17-21-10-6-8-12-24(21)25/h5-17H,3-4,27H2,1-2H3. The van der Waals surface area contributed by atoms with Crippen molar-refractivity contribution in [3.8, 4) is 0 Å². The fourth-order valence-corrected chi connectivity index (χ4v) is 3.95. The highest BCUT2D eigenvalue weighted by molar-refractivity contribution is 6.12. The topological polar surface area (TPSA) is 26.0 Å².